The third-order valence-corrected chi connectivity index (χ3v) is 3.76. The van der Waals surface area contributed by atoms with E-state index in [2.05, 4.69) is 15.5 Å². The second kappa shape index (κ2) is 8.16. The first kappa shape index (κ1) is 17.5. The number of carbonyl (C=O) groups excluding carboxylic acids is 1. The average molecular weight is 350 g/mol. The Morgan fingerprint density at radius 2 is 1.92 bits per heavy atom. The molecule has 0 atom stereocenters. The molecule has 1 amide bonds. The third kappa shape index (κ3) is 4.35. The average Bonchev–Trinajstić information content (AvgIpc) is 2.98. The molecular formula is C15H18N4O4S. The molecule has 0 bridgehead atoms. The Morgan fingerprint density at radius 3 is 2.50 bits per heavy atom. The van der Waals surface area contributed by atoms with Gasteiger partial charge in [0.15, 0.2) is 16.6 Å². The molecule has 1 aromatic heterocycles. The van der Waals surface area contributed by atoms with E-state index < -0.39 is 0 Å². The highest BCUT2D eigenvalue weighted by Gasteiger charge is 2.11. The Bertz CT molecular complexity index is 745. The molecular weight excluding hydrogens is 332 g/mol. The van der Waals surface area contributed by atoms with E-state index >= 15 is 0 Å². The zero-order chi connectivity index (χ0) is 17.5. The van der Waals surface area contributed by atoms with Gasteiger partial charge in [0, 0.05) is 17.0 Å². The molecule has 0 aliphatic heterocycles. The summed E-state index contributed by atoms with van der Waals surface area (Å²) in [5.41, 5.74) is 9.19. The minimum atomic E-state index is -0.295. The van der Waals surface area contributed by atoms with Gasteiger partial charge in [-0.25, -0.2) is 10.4 Å². The van der Waals surface area contributed by atoms with E-state index in [9.17, 15) is 4.79 Å². The highest BCUT2D eigenvalue weighted by atomic mass is 32.1. The summed E-state index contributed by atoms with van der Waals surface area (Å²) in [5.74, 6) is 1.31. The maximum Gasteiger partial charge on any atom is 0.246 e. The predicted molar refractivity (Wildman–Crippen MR) is 92.1 cm³/mol. The van der Waals surface area contributed by atoms with Crippen molar-refractivity contribution in [2.75, 3.05) is 27.1 Å². The van der Waals surface area contributed by atoms with Crippen molar-refractivity contribution in [1.29, 1.82) is 0 Å². The number of aromatic nitrogens is 1. The van der Waals surface area contributed by atoms with Crippen LogP contribution in [0.4, 0.5) is 5.13 Å². The van der Waals surface area contributed by atoms with Gasteiger partial charge in [-0.15, -0.1) is 11.3 Å². The molecule has 24 heavy (non-hydrogen) atoms. The summed E-state index contributed by atoms with van der Waals surface area (Å²) >= 11 is 1.29. The summed E-state index contributed by atoms with van der Waals surface area (Å²) in [6.07, 6.45) is 1.57. The topological polar surface area (TPSA) is 108 Å². The van der Waals surface area contributed by atoms with Gasteiger partial charge in [-0.05, 0) is 6.07 Å². The summed E-state index contributed by atoms with van der Waals surface area (Å²) < 4.78 is 15.7. The Labute approximate surface area is 143 Å². The van der Waals surface area contributed by atoms with Crippen LogP contribution in [-0.4, -0.2) is 38.4 Å². The van der Waals surface area contributed by atoms with E-state index in [0.717, 1.165) is 0 Å². The van der Waals surface area contributed by atoms with Crippen LogP contribution in [-0.2, 0) is 11.2 Å². The highest BCUT2D eigenvalue weighted by molar-refractivity contribution is 7.13. The second-order valence-corrected chi connectivity index (χ2v) is 5.49. The molecule has 0 unspecified atom stereocenters. The fraction of sp³-hybridized carbons (Fsp3) is 0.267. The number of hydrazone groups is 1. The quantitative estimate of drug-likeness (QED) is 0.578. The summed E-state index contributed by atoms with van der Waals surface area (Å²) in [6, 6.07) is 3.38. The molecule has 1 aromatic carbocycles. The Hall–Kier alpha value is -2.81. The second-order valence-electron chi connectivity index (χ2n) is 4.60. The summed E-state index contributed by atoms with van der Waals surface area (Å²) in [6.45, 7) is 0. The van der Waals surface area contributed by atoms with Gasteiger partial charge in [0.1, 0.15) is 5.75 Å². The number of hydrogen-bond donors (Lipinski definition) is 2. The van der Waals surface area contributed by atoms with Gasteiger partial charge < -0.3 is 19.9 Å². The molecule has 0 aliphatic rings. The molecule has 0 saturated heterocycles. The van der Waals surface area contributed by atoms with E-state index in [1.807, 2.05) is 0 Å². The van der Waals surface area contributed by atoms with Crippen LogP contribution in [0.1, 0.15) is 11.3 Å². The number of nitrogens with one attached hydrogen (secondary N) is 1. The number of anilines is 1. The van der Waals surface area contributed by atoms with Crippen molar-refractivity contribution in [1.82, 2.24) is 10.4 Å². The molecule has 0 aliphatic carbocycles. The Kier molecular flexibility index (Phi) is 5.96. The largest absolute Gasteiger partial charge is 0.496 e. The number of carbonyl (C=O) groups is 1. The zero-order valence-corrected chi connectivity index (χ0v) is 14.3. The molecule has 128 valence electrons. The Balaban J connectivity index is 2.06. The first-order valence-electron chi connectivity index (χ1n) is 6.89. The van der Waals surface area contributed by atoms with Crippen LogP contribution in [0.15, 0.2) is 22.6 Å². The molecule has 2 aromatic rings. The number of ether oxygens (including phenoxy) is 3. The number of nitrogens with two attached hydrogens (primary N) is 1. The zero-order valence-electron chi connectivity index (χ0n) is 13.5. The van der Waals surface area contributed by atoms with E-state index in [0.29, 0.717) is 33.6 Å². The van der Waals surface area contributed by atoms with Gasteiger partial charge in [-0.1, -0.05) is 0 Å². The van der Waals surface area contributed by atoms with Crippen LogP contribution in [0.3, 0.4) is 0 Å². The normalized spacial score (nSPS) is 10.6. The number of nitrogens with zero attached hydrogens (tertiary/aromatic N) is 2. The fourth-order valence-corrected chi connectivity index (χ4v) is 2.50. The number of benzene rings is 1. The lowest BCUT2D eigenvalue weighted by molar-refractivity contribution is -0.120. The molecule has 9 heteroatoms. The monoisotopic (exact) mass is 350 g/mol. The van der Waals surface area contributed by atoms with Gasteiger partial charge in [0.25, 0.3) is 0 Å². The van der Waals surface area contributed by atoms with Crippen molar-refractivity contribution in [3.8, 4) is 17.2 Å². The molecule has 0 fully saturated rings. The van der Waals surface area contributed by atoms with Gasteiger partial charge in [-0.3, -0.25) is 4.79 Å². The Morgan fingerprint density at radius 1 is 1.25 bits per heavy atom. The van der Waals surface area contributed by atoms with Crippen molar-refractivity contribution in [3.63, 3.8) is 0 Å². The maximum atomic E-state index is 11.8. The lowest BCUT2D eigenvalue weighted by atomic mass is 10.2. The first-order chi connectivity index (χ1) is 11.6. The van der Waals surface area contributed by atoms with Crippen LogP contribution in [0.5, 0.6) is 17.2 Å². The van der Waals surface area contributed by atoms with Crippen molar-refractivity contribution in [2.45, 2.75) is 6.42 Å². The lowest BCUT2D eigenvalue weighted by Gasteiger charge is -2.11. The van der Waals surface area contributed by atoms with Crippen LogP contribution in [0.25, 0.3) is 0 Å². The summed E-state index contributed by atoms with van der Waals surface area (Å²) in [7, 11) is 4.60. The van der Waals surface area contributed by atoms with Gasteiger partial charge >= 0.3 is 0 Å². The number of methoxy groups -OCH3 is 3. The standard InChI is InChI=1S/C15H18N4O4S/c1-21-11-6-13(23-3)12(22-2)4-9(11)7-17-19-14(20)5-10-8-24-15(16)18-10/h4,6-8H,5H2,1-3H3,(H2,16,18)(H,19,20)/b17-7+. The van der Waals surface area contributed by atoms with Crippen LogP contribution < -0.4 is 25.4 Å². The molecule has 0 spiro atoms. The van der Waals surface area contributed by atoms with Crippen LogP contribution in [0.2, 0.25) is 0 Å². The van der Waals surface area contributed by atoms with Gasteiger partial charge in [0.2, 0.25) is 5.91 Å². The van der Waals surface area contributed by atoms with Gasteiger partial charge in [-0.2, -0.15) is 5.10 Å². The number of hydrogen-bond acceptors (Lipinski definition) is 8. The minimum Gasteiger partial charge on any atom is -0.496 e. The number of thiazole rings is 1. The predicted octanol–water partition coefficient (Wildman–Crippen LogP) is 1.44. The van der Waals surface area contributed by atoms with Crippen molar-refractivity contribution in [2.24, 2.45) is 5.10 Å². The first-order valence-corrected chi connectivity index (χ1v) is 7.77. The van der Waals surface area contributed by atoms with E-state index in [4.69, 9.17) is 19.9 Å². The highest BCUT2D eigenvalue weighted by Crippen LogP contribution is 2.33. The lowest BCUT2D eigenvalue weighted by Crippen LogP contribution is -2.20. The van der Waals surface area contributed by atoms with E-state index in [1.54, 1.807) is 17.5 Å². The molecule has 2 rings (SSSR count). The van der Waals surface area contributed by atoms with E-state index in [1.165, 1.54) is 38.9 Å². The smallest absolute Gasteiger partial charge is 0.246 e. The van der Waals surface area contributed by atoms with Crippen molar-refractivity contribution >= 4 is 28.6 Å². The third-order valence-electron chi connectivity index (χ3n) is 3.04. The SMILES string of the molecule is COc1cc(OC)c(OC)cc1/C=N/NC(=O)Cc1csc(N)n1. The number of amides is 1. The van der Waals surface area contributed by atoms with Crippen LogP contribution >= 0.6 is 11.3 Å². The molecule has 0 saturated carbocycles. The molecule has 8 nitrogen and oxygen atoms in total. The van der Waals surface area contributed by atoms with Gasteiger partial charge in [0.05, 0.1) is 39.7 Å². The minimum absolute atomic E-state index is 0.105. The summed E-state index contributed by atoms with van der Waals surface area (Å²) in [4.78, 5) is 15.8. The van der Waals surface area contributed by atoms with Crippen molar-refractivity contribution < 1.29 is 19.0 Å². The maximum absolute atomic E-state index is 11.8. The number of nitrogen functional groups attached to an aromatic ring is 1. The molecule has 3 N–H and O–H groups in total. The molecule has 1 heterocycles. The van der Waals surface area contributed by atoms with Crippen LogP contribution in [0, 0.1) is 0 Å². The fourth-order valence-electron chi connectivity index (χ4n) is 1.94. The van der Waals surface area contributed by atoms with E-state index in [-0.39, 0.29) is 12.3 Å². The van der Waals surface area contributed by atoms with Crippen molar-refractivity contribution in [3.05, 3.63) is 28.8 Å². The molecule has 0 radical (unpaired) electrons. The summed E-state index contributed by atoms with van der Waals surface area (Å²) in [5, 5.41) is 6.09. The number of rotatable bonds is 7.